The molecule has 0 N–H and O–H groups in total. The van der Waals surface area contributed by atoms with Crippen molar-refractivity contribution in [3.8, 4) is 6.07 Å². The van der Waals surface area contributed by atoms with E-state index in [1.54, 1.807) is 17.5 Å². The van der Waals surface area contributed by atoms with Crippen LogP contribution in [0.25, 0.3) is 5.82 Å². The molecule has 0 unspecified atom stereocenters. The highest BCUT2D eigenvalue weighted by Gasteiger charge is 2.42. The number of aryl methyl sites for hydroxylation is 1. The molecule has 4 heterocycles. The smallest absolute Gasteiger partial charge is 0.161 e. The van der Waals surface area contributed by atoms with Crippen LogP contribution in [0.2, 0.25) is 0 Å². The summed E-state index contributed by atoms with van der Waals surface area (Å²) in [4.78, 5) is 21.0. The fourth-order valence-corrected chi connectivity index (χ4v) is 5.74. The van der Waals surface area contributed by atoms with Crippen LogP contribution in [0.1, 0.15) is 35.6 Å². The number of nitriles is 1. The lowest BCUT2D eigenvalue weighted by atomic mass is 9.77. The number of rotatable bonds is 3. The molecule has 0 aromatic carbocycles. The number of carbonyl (C=O) groups is 1. The van der Waals surface area contributed by atoms with E-state index in [-0.39, 0.29) is 11.7 Å². The Labute approximate surface area is 193 Å². The monoisotopic (exact) mass is 490 g/mol. The van der Waals surface area contributed by atoms with Crippen LogP contribution in [0.5, 0.6) is 0 Å². The van der Waals surface area contributed by atoms with Crippen molar-refractivity contribution in [1.82, 2.24) is 9.55 Å². The second-order valence-electron chi connectivity index (χ2n) is 7.65. The van der Waals surface area contributed by atoms with Crippen LogP contribution in [-0.2, 0) is 4.79 Å². The molecule has 0 fully saturated rings. The summed E-state index contributed by atoms with van der Waals surface area (Å²) >= 11 is 5.07. The molecule has 0 radical (unpaired) electrons. The maximum absolute atomic E-state index is 13.3. The molecule has 2 aliphatic rings. The molecule has 154 valence electrons. The number of aromatic nitrogens is 2. The molecule has 0 bridgehead atoms. The Bertz CT molecular complexity index is 1260. The van der Waals surface area contributed by atoms with Gasteiger partial charge < -0.3 is 4.57 Å². The third-order valence-corrected chi connectivity index (χ3v) is 7.36. The van der Waals surface area contributed by atoms with E-state index in [0.29, 0.717) is 17.8 Å². The highest BCUT2D eigenvalue weighted by molar-refractivity contribution is 9.10. The average Bonchev–Trinajstić information content (AvgIpc) is 3.45. The number of allylic oxidation sites excluding steroid dienone is 3. The fraction of sp³-hybridized carbons (Fsp3) is 0.208. The summed E-state index contributed by atoms with van der Waals surface area (Å²) < 4.78 is 2.84. The SMILES string of the molecule is Cc1ccsc1[C@H]1C(C#N)=C(n2cccc2)N(c2ccc(Br)cn2)C2=C1C(=O)CCC2. The first-order valence-electron chi connectivity index (χ1n) is 10.1. The molecule has 0 saturated heterocycles. The van der Waals surface area contributed by atoms with Gasteiger partial charge in [-0.1, -0.05) is 0 Å². The second kappa shape index (κ2) is 7.95. The highest BCUT2D eigenvalue weighted by Crippen LogP contribution is 2.49. The fourth-order valence-electron chi connectivity index (χ4n) is 4.46. The minimum absolute atomic E-state index is 0.125. The van der Waals surface area contributed by atoms with Gasteiger partial charge in [-0.2, -0.15) is 5.26 Å². The number of halogens is 1. The molecule has 3 aromatic heterocycles. The van der Waals surface area contributed by atoms with Gasteiger partial charge >= 0.3 is 0 Å². The van der Waals surface area contributed by atoms with Crippen molar-refractivity contribution < 1.29 is 4.79 Å². The normalized spacial score (nSPS) is 18.9. The average molecular weight is 491 g/mol. The quantitative estimate of drug-likeness (QED) is 0.450. The molecule has 3 aromatic rings. The van der Waals surface area contributed by atoms with Gasteiger partial charge in [0.1, 0.15) is 11.6 Å². The Morgan fingerprint density at radius 1 is 1.23 bits per heavy atom. The molecule has 5 rings (SSSR count). The molecule has 7 heteroatoms. The zero-order valence-corrected chi connectivity index (χ0v) is 19.3. The summed E-state index contributed by atoms with van der Waals surface area (Å²) in [7, 11) is 0. The number of hydrogen-bond acceptors (Lipinski definition) is 5. The molecule has 5 nitrogen and oxygen atoms in total. The van der Waals surface area contributed by atoms with E-state index in [9.17, 15) is 10.1 Å². The number of hydrogen-bond donors (Lipinski definition) is 0. The first kappa shape index (κ1) is 20.0. The number of anilines is 1. The lowest BCUT2D eigenvalue weighted by Gasteiger charge is -2.40. The van der Waals surface area contributed by atoms with Crippen LogP contribution in [-0.4, -0.2) is 15.3 Å². The number of carbonyl (C=O) groups excluding carboxylic acids is 1. The van der Waals surface area contributed by atoms with Gasteiger partial charge in [-0.3, -0.25) is 9.69 Å². The number of thiophene rings is 1. The van der Waals surface area contributed by atoms with Crippen LogP contribution in [0.4, 0.5) is 5.82 Å². The first-order valence-corrected chi connectivity index (χ1v) is 11.8. The topological polar surface area (TPSA) is 61.9 Å². The van der Waals surface area contributed by atoms with Gasteiger partial charge in [-0.15, -0.1) is 11.3 Å². The van der Waals surface area contributed by atoms with E-state index in [1.165, 1.54) is 0 Å². The molecule has 0 saturated carbocycles. The first-order chi connectivity index (χ1) is 15.1. The van der Waals surface area contributed by atoms with Gasteiger partial charge in [0.05, 0.1) is 17.6 Å². The van der Waals surface area contributed by atoms with E-state index in [2.05, 4.69) is 33.0 Å². The number of pyridine rings is 1. The molecular weight excluding hydrogens is 472 g/mol. The minimum Gasteiger partial charge on any atom is -0.309 e. The lowest BCUT2D eigenvalue weighted by Crippen LogP contribution is -2.37. The summed E-state index contributed by atoms with van der Waals surface area (Å²) in [6.07, 6.45) is 7.69. The van der Waals surface area contributed by atoms with Crippen molar-refractivity contribution in [3.63, 3.8) is 0 Å². The largest absolute Gasteiger partial charge is 0.309 e. The van der Waals surface area contributed by atoms with E-state index in [4.69, 9.17) is 0 Å². The molecular formula is C24H19BrN4OS. The zero-order valence-electron chi connectivity index (χ0n) is 16.9. The Morgan fingerprint density at radius 3 is 2.68 bits per heavy atom. The molecule has 31 heavy (non-hydrogen) atoms. The van der Waals surface area contributed by atoms with Gasteiger partial charge in [0, 0.05) is 45.6 Å². The second-order valence-corrected chi connectivity index (χ2v) is 9.51. The van der Waals surface area contributed by atoms with E-state index in [1.807, 2.05) is 58.4 Å². The number of Topliss-reactive ketones (excluding diaryl/α,β-unsaturated/α-hetero) is 1. The van der Waals surface area contributed by atoms with Crippen LogP contribution in [0.15, 0.2) is 75.6 Å². The summed E-state index contributed by atoms with van der Waals surface area (Å²) in [6.45, 7) is 2.05. The molecule has 0 amide bonds. The predicted octanol–water partition coefficient (Wildman–Crippen LogP) is 6.02. The van der Waals surface area contributed by atoms with Gasteiger partial charge in [0.15, 0.2) is 5.78 Å². The highest BCUT2D eigenvalue weighted by atomic mass is 79.9. The third kappa shape index (κ3) is 3.27. The minimum atomic E-state index is -0.350. The maximum atomic E-state index is 13.3. The van der Waals surface area contributed by atoms with E-state index in [0.717, 1.165) is 44.8 Å². The van der Waals surface area contributed by atoms with Crippen molar-refractivity contribution in [2.24, 2.45) is 0 Å². The Kier molecular flexibility index (Phi) is 5.12. The lowest BCUT2D eigenvalue weighted by molar-refractivity contribution is -0.116. The maximum Gasteiger partial charge on any atom is 0.161 e. The number of ketones is 1. The van der Waals surface area contributed by atoms with Crippen LogP contribution in [0.3, 0.4) is 0 Å². The van der Waals surface area contributed by atoms with Gasteiger partial charge in [0.25, 0.3) is 0 Å². The van der Waals surface area contributed by atoms with Crippen LogP contribution in [0, 0.1) is 18.3 Å². The van der Waals surface area contributed by atoms with Crippen LogP contribution >= 0.6 is 27.3 Å². The van der Waals surface area contributed by atoms with Crippen molar-refractivity contribution in [2.45, 2.75) is 32.1 Å². The molecule has 0 spiro atoms. The Morgan fingerprint density at radius 2 is 2.03 bits per heavy atom. The van der Waals surface area contributed by atoms with Crippen molar-refractivity contribution in [2.75, 3.05) is 4.90 Å². The zero-order chi connectivity index (χ0) is 21.5. The summed E-state index contributed by atoms with van der Waals surface area (Å²) in [5, 5.41) is 12.4. The summed E-state index contributed by atoms with van der Waals surface area (Å²) in [6, 6.07) is 12.3. The van der Waals surface area contributed by atoms with E-state index >= 15 is 0 Å². The van der Waals surface area contributed by atoms with E-state index < -0.39 is 0 Å². The van der Waals surface area contributed by atoms with Gasteiger partial charge in [-0.05, 0) is 77.0 Å². The number of nitrogens with zero attached hydrogens (tertiary/aromatic N) is 4. The predicted molar refractivity (Wildman–Crippen MR) is 125 cm³/mol. The van der Waals surface area contributed by atoms with Crippen molar-refractivity contribution >= 4 is 44.7 Å². The molecule has 1 aliphatic carbocycles. The summed E-state index contributed by atoms with van der Waals surface area (Å²) in [5.41, 5.74) is 3.37. The van der Waals surface area contributed by atoms with Crippen molar-refractivity contribution in [1.29, 1.82) is 5.26 Å². The Balaban J connectivity index is 1.85. The van der Waals surface area contributed by atoms with Gasteiger partial charge in [0.2, 0.25) is 0 Å². The molecule has 1 aliphatic heterocycles. The van der Waals surface area contributed by atoms with Crippen LogP contribution < -0.4 is 4.90 Å². The third-order valence-electron chi connectivity index (χ3n) is 5.80. The standard InChI is InChI=1S/C24H19BrN4OS/c1-15-9-12-31-23(15)21-17(13-26)24(28-10-2-3-11-28)29(20-8-7-16(25)14-27-20)18-5-4-6-19(30)22(18)21/h2-3,7-12,14,21H,4-6H2,1H3/t21-/m0/s1. The van der Waals surface area contributed by atoms with Gasteiger partial charge in [-0.25, -0.2) is 4.98 Å². The Hall–Kier alpha value is -2.95. The van der Waals surface area contributed by atoms with Crippen molar-refractivity contribution in [3.05, 3.63) is 86.1 Å². The molecule has 1 atom stereocenters. The summed E-state index contributed by atoms with van der Waals surface area (Å²) in [5.74, 6) is 1.22.